The second-order valence-corrected chi connectivity index (χ2v) is 3.18. The number of aryl methyl sites for hydroxylation is 1. The van der Waals surface area contributed by atoms with Crippen molar-refractivity contribution in [3.63, 3.8) is 0 Å². The van der Waals surface area contributed by atoms with Gasteiger partial charge in [0.05, 0.1) is 11.3 Å². The average molecular weight is 221 g/mol. The second kappa shape index (κ2) is 5.06. The van der Waals surface area contributed by atoms with Crippen LogP contribution in [0.4, 0.5) is 5.69 Å². The Labute approximate surface area is 92.4 Å². The van der Waals surface area contributed by atoms with E-state index in [2.05, 4.69) is 10.1 Å². The van der Waals surface area contributed by atoms with Crippen LogP contribution in [0.5, 0.6) is 0 Å². The van der Waals surface area contributed by atoms with Crippen LogP contribution in [0.25, 0.3) is 0 Å². The molecule has 84 valence electrons. The molecule has 5 heteroatoms. The van der Waals surface area contributed by atoms with Gasteiger partial charge in [0, 0.05) is 6.92 Å². The van der Waals surface area contributed by atoms with Crippen LogP contribution in [0.3, 0.4) is 0 Å². The highest BCUT2D eigenvalue weighted by atomic mass is 16.6. The van der Waals surface area contributed by atoms with E-state index in [0.29, 0.717) is 11.3 Å². The lowest BCUT2D eigenvalue weighted by molar-refractivity contribution is -0.123. The summed E-state index contributed by atoms with van der Waals surface area (Å²) < 4.78 is 4.26. The zero-order valence-corrected chi connectivity index (χ0v) is 8.94. The zero-order chi connectivity index (χ0) is 12.1. The SMILES string of the molecule is CC(=O)Nc1cccc(C)c1C(=O)OC=O. The fourth-order valence-electron chi connectivity index (χ4n) is 1.34. The lowest BCUT2D eigenvalue weighted by Gasteiger charge is -2.09. The molecule has 1 aromatic rings. The number of hydrogen-bond acceptors (Lipinski definition) is 4. The van der Waals surface area contributed by atoms with Crippen molar-refractivity contribution in [1.29, 1.82) is 0 Å². The predicted octanol–water partition coefficient (Wildman–Crippen LogP) is 1.27. The molecule has 1 amide bonds. The number of carbonyl (C=O) groups excluding carboxylic acids is 3. The van der Waals surface area contributed by atoms with Gasteiger partial charge in [0.15, 0.2) is 0 Å². The molecule has 0 aliphatic heterocycles. The molecular formula is C11H11NO4. The van der Waals surface area contributed by atoms with Crippen LogP contribution < -0.4 is 5.32 Å². The Morgan fingerprint density at radius 1 is 1.38 bits per heavy atom. The van der Waals surface area contributed by atoms with Crippen LogP contribution in [-0.4, -0.2) is 18.3 Å². The lowest BCUT2D eigenvalue weighted by Crippen LogP contribution is -2.13. The quantitative estimate of drug-likeness (QED) is 0.474. The first-order valence-electron chi connectivity index (χ1n) is 4.58. The molecule has 0 saturated carbocycles. The summed E-state index contributed by atoms with van der Waals surface area (Å²) in [6.45, 7) is 3.08. The van der Waals surface area contributed by atoms with Crippen molar-refractivity contribution in [3.05, 3.63) is 29.3 Å². The number of esters is 1. The van der Waals surface area contributed by atoms with Crippen LogP contribution in [0.2, 0.25) is 0 Å². The number of benzene rings is 1. The maximum absolute atomic E-state index is 11.5. The van der Waals surface area contributed by atoms with E-state index in [1.165, 1.54) is 6.92 Å². The summed E-state index contributed by atoms with van der Waals surface area (Å²) in [4.78, 5) is 32.5. The Balaban J connectivity index is 3.17. The Morgan fingerprint density at radius 3 is 2.62 bits per heavy atom. The van der Waals surface area contributed by atoms with Crippen LogP contribution in [0.15, 0.2) is 18.2 Å². The normalized spacial score (nSPS) is 9.38. The third kappa shape index (κ3) is 2.66. The highest BCUT2D eigenvalue weighted by Gasteiger charge is 2.16. The molecule has 5 nitrogen and oxygen atoms in total. The van der Waals surface area contributed by atoms with Gasteiger partial charge in [0.25, 0.3) is 0 Å². The van der Waals surface area contributed by atoms with Gasteiger partial charge in [-0.25, -0.2) is 4.79 Å². The van der Waals surface area contributed by atoms with E-state index in [0.717, 1.165) is 0 Å². The van der Waals surface area contributed by atoms with Gasteiger partial charge in [-0.15, -0.1) is 0 Å². The number of anilines is 1. The Hall–Kier alpha value is -2.17. The van der Waals surface area contributed by atoms with Crippen molar-refractivity contribution in [1.82, 2.24) is 0 Å². The molecule has 1 rings (SSSR count). The zero-order valence-electron chi connectivity index (χ0n) is 8.94. The van der Waals surface area contributed by atoms with Crippen molar-refractivity contribution in [3.8, 4) is 0 Å². The Kier molecular flexibility index (Phi) is 3.77. The monoisotopic (exact) mass is 221 g/mol. The molecule has 16 heavy (non-hydrogen) atoms. The van der Waals surface area contributed by atoms with E-state index >= 15 is 0 Å². The molecule has 0 aliphatic carbocycles. The average Bonchev–Trinajstić information content (AvgIpc) is 2.16. The van der Waals surface area contributed by atoms with Gasteiger partial charge in [-0.1, -0.05) is 12.1 Å². The van der Waals surface area contributed by atoms with Crippen LogP contribution in [0, 0.1) is 6.92 Å². The summed E-state index contributed by atoms with van der Waals surface area (Å²) >= 11 is 0. The highest BCUT2D eigenvalue weighted by molar-refractivity contribution is 6.03. The topological polar surface area (TPSA) is 72.5 Å². The number of nitrogens with one attached hydrogen (secondary N) is 1. The number of carbonyl (C=O) groups is 3. The standard InChI is InChI=1S/C11H11NO4/c1-7-4-3-5-9(12-8(2)14)10(7)11(15)16-6-13/h3-6H,1-2H3,(H,12,14). The maximum Gasteiger partial charge on any atom is 0.348 e. The van der Waals surface area contributed by atoms with Gasteiger partial charge < -0.3 is 10.1 Å². The Morgan fingerprint density at radius 2 is 2.06 bits per heavy atom. The molecule has 0 radical (unpaired) electrons. The van der Waals surface area contributed by atoms with Crippen LogP contribution in [0.1, 0.15) is 22.8 Å². The highest BCUT2D eigenvalue weighted by Crippen LogP contribution is 2.20. The van der Waals surface area contributed by atoms with E-state index in [1.807, 2.05) is 0 Å². The summed E-state index contributed by atoms with van der Waals surface area (Å²) in [5.74, 6) is -1.08. The number of ether oxygens (including phenoxy) is 1. The van der Waals surface area contributed by atoms with E-state index < -0.39 is 5.97 Å². The van der Waals surface area contributed by atoms with Crippen molar-refractivity contribution >= 4 is 24.0 Å². The molecule has 0 saturated heterocycles. The van der Waals surface area contributed by atoms with Gasteiger partial charge >= 0.3 is 12.4 Å². The van der Waals surface area contributed by atoms with Crippen molar-refractivity contribution in [2.75, 3.05) is 5.32 Å². The minimum absolute atomic E-state index is 0.0618. The third-order valence-electron chi connectivity index (χ3n) is 1.94. The largest absolute Gasteiger partial charge is 0.392 e. The fraction of sp³-hybridized carbons (Fsp3) is 0.182. The molecule has 0 unspecified atom stereocenters. The summed E-state index contributed by atoms with van der Waals surface area (Å²) in [5.41, 5.74) is 1.14. The molecule has 0 atom stereocenters. The van der Waals surface area contributed by atoms with Crippen LogP contribution >= 0.6 is 0 Å². The second-order valence-electron chi connectivity index (χ2n) is 3.18. The van der Waals surface area contributed by atoms with E-state index in [9.17, 15) is 14.4 Å². The lowest BCUT2D eigenvalue weighted by atomic mass is 10.1. The van der Waals surface area contributed by atoms with E-state index in [4.69, 9.17) is 0 Å². The minimum Gasteiger partial charge on any atom is -0.392 e. The fourth-order valence-corrected chi connectivity index (χ4v) is 1.34. The third-order valence-corrected chi connectivity index (χ3v) is 1.94. The molecule has 0 aromatic heterocycles. The van der Waals surface area contributed by atoms with Crippen molar-refractivity contribution in [2.45, 2.75) is 13.8 Å². The van der Waals surface area contributed by atoms with Crippen LogP contribution in [-0.2, 0) is 14.3 Å². The molecule has 0 aliphatic rings. The summed E-state index contributed by atoms with van der Waals surface area (Å²) in [6.07, 6.45) is 0. The van der Waals surface area contributed by atoms with Gasteiger partial charge in [0.1, 0.15) is 0 Å². The summed E-state index contributed by atoms with van der Waals surface area (Å²) in [7, 11) is 0. The predicted molar refractivity (Wildman–Crippen MR) is 57.0 cm³/mol. The van der Waals surface area contributed by atoms with Gasteiger partial charge in [0.2, 0.25) is 5.91 Å². The summed E-state index contributed by atoms with van der Waals surface area (Å²) in [6, 6.07) is 4.95. The van der Waals surface area contributed by atoms with E-state index in [-0.39, 0.29) is 17.9 Å². The number of amides is 1. The first-order chi connectivity index (χ1) is 7.56. The summed E-state index contributed by atoms with van der Waals surface area (Å²) in [5, 5.41) is 2.50. The van der Waals surface area contributed by atoms with Gasteiger partial charge in [-0.05, 0) is 18.6 Å². The van der Waals surface area contributed by atoms with Gasteiger partial charge in [-0.2, -0.15) is 0 Å². The van der Waals surface area contributed by atoms with Gasteiger partial charge in [-0.3, -0.25) is 9.59 Å². The van der Waals surface area contributed by atoms with Crippen molar-refractivity contribution in [2.24, 2.45) is 0 Å². The minimum atomic E-state index is -0.781. The smallest absolute Gasteiger partial charge is 0.348 e. The molecular weight excluding hydrogens is 210 g/mol. The number of rotatable bonds is 3. The molecule has 0 fully saturated rings. The molecule has 0 heterocycles. The van der Waals surface area contributed by atoms with Crippen molar-refractivity contribution < 1.29 is 19.1 Å². The Bertz CT molecular complexity index is 440. The molecule has 1 aromatic carbocycles. The first kappa shape index (κ1) is 11.9. The number of hydrogen-bond donors (Lipinski definition) is 1. The molecule has 0 spiro atoms. The first-order valence-corrected chi connectivity index (χ1v) is 4.58. The maximum atomic E-state index is 11.5. The van der Waals surface area contributed by atoms with E-state index in [1.54, 1.807) is 25.1 Å². The molecule has 1 N–H and O–H groups in total. The molecule has 0 bridgehead atoms.